The Balaban J connectivity index is 1.39. The lowest BCUT2D eigenvalue weighted by molar-refractivity contribution is -0.121. The molecule has 2 N–H and O–H groups in total. The summed E-state index contributed by atoms with van der Waals surface area (Å²) >= 11 is 6.24. The molecule has 0 radical (unpaired) electrons. The Kier molecular flexibility index (Phi) is 9.28. The predicted octanol–water partition coefficient (Wildman–Crippen LogP) is 4.65. The number of hydrogen-bond acceptors (Lipinski definition) is 7. The Morgan fingerprint density at radius 3 is 2.81 bits per heavy atom. The SMILES string of the molecule is CCNC(=O)CCCN1CCC(n2cc(NC(=O)c3cnn4cccnc34)c(-c3cc(Cl)ccc3OC(F)F)n2)CC1. The van der Waals surface area contributed by atoms with E-state index in [9.17, 15) is 18.4 Å². The number of ether oxygens (including phenoxy) is 1. The van der Waals surface area contributed by atoms with Crippen LogP contribution in [0.25, 0.3) is 16.9 Å². The second-order valence-corrected chi connectivity index (χ2v) is 10.4. The second kappa shape index (κ2) is 13.3. The quantitative estimate of drug-likeness (QED) is 0.257. The van der Waals surface area contributed by atoms with Gasteiger partial charge in [0.1, 0.15) is 17.0 Å². The van der Waals surface area contributed by atoms with Crippen molar-refractivity contribution in [1.82, 2.24) is 34.6 Å². The summed E-state index contributed by atoms with van der Waals surface area (Å²) in [6.07, 6.45) is 9.18. The minimum atomic E-state index is -3.06. The summed E-state index contributed by atoms with van der Waals surface area (Å²) in [6, 6.07) is 5.98. The first-order valence-corrected chi connectivity index (χ1v) is 14.1. The van der Waals surface area contributed by atoms with Crippen LogP contribution in [0.5, 0.6) is 5.75 Å². The highest BCUT2D eigenvalue weighted by atomic mass is 35.5. The van der Waals surface area contributed by atoms with Crippen LogP contribution in [-0.2, 0) is 4.79 Å². The molecule has 0 unspecified atom stereocenters. The van der Waals surface area contributed by atoms with Gasteiger partial charge in [0.05, 0.1) is 17.9 Å². The molecule has 2 amide bonds. The lowest BCUT2D eigenvalue weighted by Gasteiger charge is -2.32. The third-order valence-corrected chi connectivity index (χ3v) is 7.34. The van der Waals surface area contributed by atoms with Crippen molar-refractivity contribution in [1.29, 1.82) is 0 Å². The summed E-state index contributed by atoms with van der Waals surface area (Å²) in [5, 5.41) is 14.9. The van der Waals surface area contributed by atoms with Crippen LogP contribution in [-0.4, -0.2) is 73.9 Å². The van der Waals surface area contributed by atoms with E-state index >= 15 is 0 Å². The molecule has 14 heteroatoms. The molecule has 0 bridgehead atoms. The van der Waals surface area contributed by atoms with E-state index in [-0.39, 0.29) is 34.5 Å². The highest BCUT2D eigenvalue weighted by Gasteiger charge is 2.26. The topological polar surface area (TPSA) is 119 Å². The smallest absolute Gasteiger partial charge is 0.387 e. The van der Waals surface area contributed by atoms with Gasteiger partial charge >= 0.3 is 6.61 Å². The molecule has 0 aliphatic carbocycles. The van der Waals surface area contributed by atoms with Gasteiger partial charge in [-0.1, -0.05) is 11.6 Å². The van der Waals surface area contributed by atoms with E-state index in [1.807, 2.05) is 6.92 Å². The highest BCUT2D eigenvalue weighted by molar-refractivity contribution is 6.31. The van der Waals surface area contributed by atoms with Gasteiger partial charge in [0.2, 0.25) is 5.91 Å². The Hall–Kier alpha value is -4.10. The van der Waals surface area contributed by atoms with Crippen molar-refractivity contribution in [2.24, 2.45) is 0 Å². The minimum Gasteiger partial charge on any atom is -0.434 e. The van der Waals surface area contributed by atoms with Crippen LogP contribution in [0.2, 0.25) is 5.02 Å². The summed E-state index contributed by atoms with van der Waals surface area (Å²) < 4.78 is 34.6. The molecule has 1 fully saturated rings. The summed E-state index contributed by atoms with van der Waals surface area (Å²) in [5.41, 5.74) is 1.38. The monoisotopic (exact) mass is 600 g/mol. The van der Waals surface area contributed by atoms with E-state index in [0.717, 1.165) is 38.9 Å². The third-order valence-electron chi connectivity index (χ3n) is 7.10. The molecule has 0 spiro atoms. The maximum absolute atomic E-state index is 13.4. The molecule has 42 heavy (non-hydrogen) atoms. The normalized spacial score (nSPS) is 14.4. The molecule has 0 saturated carbocycles. The number of piperidine rings is 1. The van der Waals surface area contributed by atoms with Crippen molar-refractivity contribution in [3.05, 3.63) is 59.6 Å². The molecule has 1 saturated heterocycles. The molecule has 11 nitrogen and oxygen atoms in total. The lowest BCUT2D eigenvalue weighted by Crippen LogP contribution is -2.36. The minimum absolute atomic E-state index is 0.00587. The van der Waals surface area contributed by atoms with E-state index in [0.29, 0.717) is 29.3 Å². The average molecular weight is 601 g/mol. The van der Waals surface area contributed by atoms with Crippen molar-refractivity contribution >= 4 is 34.7 Å². The Morgan fingerprint density at radius 1 is 1.24 bits per heavy atom. The number of carbonyl (C=O) groups is 2. The molecule has 4 aromatic rings. The molecule has 1 aliphatic rings. The largest absolute Gasteiger partial charge is 0.434 e. The fourth-order valence-electron chi connectivity index (χ4n) is 5.09. The number of benzene rings is 1. The number of hydrogen-bond donors (Lipinski definition) is 2. The molecule has 1 aromatic carbocycles. The van der Waals surface area contributed by atoms with E-state index < -0.39 is 12.5 Å². The van der Waals surface area contributed by atoms with Gasteiger partial charge in [-0.15, -0.1) is 0 Å². The Labute approximate surface area is 245 Å². The molecule has 222 valence electrons. The fraction of sp³-hybridized carbons (Fsp3) is 0.393. The number of anilines is 1. The van der Waals surface area contributed by atoms with Crippen molar-refractivity contribution in [3.63, 3.8) is 0 Å². The molecule has 1 aliphatic heterocycles. The van der Waals surface area contributed by atoms with Gasteiger partial charge in [-0.2, -0.15) is 19.0 Å². The molecule has 0 atom stereocenters. The first-order valence-electron chi connectivity index (χ1n) is 13.7. The van der Waals surface area contributed by atoms with E-state index in [4.69, 9.17) is 21.4 Å². The first-order chi connectivity index (χ1) is 20.3. The fourth-order valence-corrected chi connectivity index (χ4v) is 5.26. The summed E-state index contributed by atoms with van der Waals surface area (Å²) in [7, 11) is 0. The van der Waals surface area contributed by atoms with Crippen LogP contribution in [0, 0.1) is 0 Å². The zero-order valence-corrected chi connectivity index (χ0v) is 23.7. The number of rotatable bonds is 11. The number of amides is 2. The van der Waals surface area contributed by atoms with Crippen LogP contribution in [0.4, 0.5) is 14.5 Å². The number of likely N-dealkylation sites (tertiary alicyclic amines) is 1. The van der Waals surface area contributed by atoms with Gasteiger partial charge in [-0.3, -0.25) is 14.3 Å². The van der Waals surface area contributed by atoms with Crippen molar-refractivity contribution < 1.29 is 23.1 Å². The molecule has 4 heterocycles. The highest BCUT2D eigenvalue weighted by Crippen LogP contribution is 2.38. The molecule has 5 rings (SSSR count). The number of fused-ring (bicyclic) bond motifs is 1. The van der Waals surface area contributed by atoms with Gasteiger partial charge in [-0.05, 0) is 57.0 Å². The van der Waals surface area contributed by atoms with Crippen molar-refractivity contribution in [2.75, 3.05) is 31.5 Å². The summed E-state index contributed by atoms with van der Waals surface area (Å²) in [6.45, 7) is 1.90. The van der Waals surface area contributed by atoms with Crippen molar-refractivity contribution in [3.8, 4) is 17.0 Å². The number of aromatic nitrogens is 5. The van der Waals surface area contributed by atoms with E-state index in [1.54, 1.807) is 29.3 Å². The third kappa shape index (κ3) is 6.85. The zero-order chi connectivity index (χ0) is 29.6. The van der Waals surface area contributed by atoms with Crippen LogP contribution in [0.1, 0.15) is 49.0 Å². The van der Waals surface area contributed by atoms with Gasteiger partial charge in [0.15, 0.2) is 5.65 Å². The Morgan fingerprint density at radius 2 is 2.05 bits per heavy atom. The lowest BCUT2D eigenvalue weighted by atomic mass is 10.0. The number of halogens is 3. The van der Waals surface area contributed by atoms with Crippen LogP contribution < -0.4 is 15.4 Å². The van der Waals surface area contributed by atoms with Crippen LogP contribution >= 0.6 is 11.6 Å². The summed E-state index contributed by atoms with van der Waals surface area (Å²) in [4.78, 5) is 31.7. The van der Waals surface area contributed by atoms with Gasteiger partial charge in [0, 0.05) is 55.2 Å². The maximum Gasteiger partial charge on any atom is 0.387 e. The summed E-state index contributed by atoms with van der Waals surface area (Å²) in [5.74, 6) is -0.540. The standard InChI is InChI=1S/C28H31ClF2N8O3/c1-2-32-24(40)5-3-11-37-13-8-19(9-14-37)39-17-22(35-27(41)21-16-34-38-12-4-10-33-26(21)38)25(36-39)20-15-18(29)6-7-23(20)42-28(30)31/h4,6-7,10,12,15-17,19,28H,2-3,5,8-9,11,13-14H2,1H3,(H,32,40)(H,35,41). The van der Waals surface area contributed by atoms with Gasteiger partial charge < -0.3 is 20.3 Å². The Bertz CT molecular complexity index is 1550. The molecule has 3 aromatic heterocycles. The van der Waals surface area contributed by atoms with Crippen molar-refractivity contribution in [2.45, 2.75) is 45.3 Å². The number of nitrogens with zero attached hydrogens (tertiary/aromatic N) is 6. The first kappa shape index (κ1) is 29.4. The zero-order valence-electron chi connectivity index (χ0n) is 23.0. The van der Waals surface area contributed by atoms with Gasteiger partial charge in [-0.25, -0.2) is 9.50 Å². The van der Waals surface area contributed by atoms with Gasteiger partial charge in [0.25, 0.3) is 5.91 Å². The average Bonchev–Trinajstić information content (AvgIpc) is 3.59. The number of carbonyl (C=O) groups excluding carboxylic acids is 2. The van der Waals surface area contributed by atoms with Crippen LogP contribution in [0.15, 0.2) is 49.1 Å². The van der Waals surface area contributed by atoms with Crippen LogP contribution in [0.3, 0.4) is 0 Å². The molecular formula is C28H31ClF2N8O3. The molecular weight excluding hydrogens is 570 g/mol. The van der Waals surface area contributed by atoms with E-state index in [2.05, 4.69) is 25.6 Å². The van der Waals surface area contributed by atoms with E-state index in [1.165, 1.54) is 28.9 Å². The number of alkyl halides is 2. The predicted molar refractivity (Wildman–Crippen MR) is 153 cm³/mol. The maximum atomic E-state index is 13.4. The second-order valence-electron chi connectivity index (χ2n) is 9.92. The number of nitrogens with one attached hydrogen (secondary N) is 2.